The van der Waals surface area contributed by atoms with Gasteiger partial charge >= 0.3 is 12.3 Å². The second-order valence-electron chi connectivity index (χ2n) is 8.27. The number of primary amides is 1. The van der Waals surface area contributed by atoms with E-state index in [2.05, 4.69) is 15.0 Å². The minimum atomic E-state index is -4.63. The first-order valence-corrected chi connectivity index (χ1v) is 9.31. The highest BCUT2D eigenvalue weighted by Crippen LogP contribution is 2.45. The molecule has 0 bridgehead atoms. The van der Waals surface area contributed by atoms with E-state index in [1.54, 1.807) is 6.07 Å². The van der Waals surface area contributed by atoms with Gasteiger partial charge in [0.05, 0.1) is 0 Å². The quantitative estimate of drug-likeness (QED) is 0.673. The van der Waals surface area contributed by atoms with Crippen molar-refractivity contribution in [3.05, 3.63) is 17.4 Å². The highest BCUT2D eigenvalue weighted by atomic mass is 19.4. The molecule has 1 amide bonds. The first-order chi connectivity index (χ1) is 13.8. The van der Waals surface area contributed by atoms with E-state index in [0.29, 0.717) is 25.7 Å². The van der Waals surface area contributed by atoms with E-state index in [1.165, 1.54) is 0 Å². The number of nitrogens with two attached hydrogens (primary N) is 1. The third-order valence-electron chi connectivity index (χ3n) is 5.23. The van der Waals surface area contributed by atoms with Crippen molar-refractivity contribution in [1.82, 2.24) is 4.98 Å². The van der Waals surface area contributed by atoms with Gasteiger partial charge in [-0.2, -0.15) is 23.4 Å². The molecule has 1 saturated carbocycles. The number of ether oxygens (including phenoxy) is 2. The molecule has 0 saturated heterocycles. The molecule has 1 aromatic rings. The molecule has 1 heterocycles. The van der Waals surface area contributed by atoms with Crippen molar-refractivity contribution in [3.8, 4) is 11.9 Å². The lowest BCUT2D eigenvalue weighted by Crippen LogP contribution is -2.51. The number of carbonyl (C=O) groups excluding carboxylic acids is 1. The van der Waals surface area contributed by atoms with Crippen LogP contribution in [0.1, 0.15) is 52.0 Å². The molecule has 1 aromatic heterocycles. The van der Waals surface area contributed by atoms with Crippen LogP contribution in [0.2, 0.25) is 0 Å². The number of amides is 1. The summed E-state index contributed by atoms with van der Waals surface area (Å²) < 4.78 is 61.6. The number of hydrogen-bond donors (Lipinski definition) is 2. The van der Waals surface area contributed by atoms with Gasteiger partial charge in [-0.3, -0.25) is 0 Å². The molecule has 7 nitrogen and oxygen atoms in total. The van der Waals surface area contributed by atoms with Crippen molar-refractivity contribution in [2.75, 3.05) is 11.9 Å². The Bertz CT molecular complexity index is 823. The average Bonchev–Trinajstić information content (AvgIpc) is 2.61. The van der Waals surface area contributed by atoms with Crippen LogP contribution in [-0.2, 0) is 4.74 Å². The van der Waals surface area contributed by atoms with Gasteiger partial charge in [0.1, 0.15) is 17.2 Å². The van der Waals surface area contributed by atoms with E-state index in [9.17, 15) is 22.4 Å². The zero-order valence-corrected chi connectivity index (χ0v) is 16.9. The Labute approximate surface area is 171 Å². The van der Waals surface area contributed by atoms with Gasteiger partial charge in [0.25, 0.3) is 0 Å². The first kappa shape index (κ1) is 23.5. The Balaban J connectivity index is 2.15. The largest absolute Gasteiger partial charge is 0.467 e. The number of alkyl halides is 3. The normalized spacial score (nSPS) is 22.1. The Morgan fingerprint density at radius 1 is 1.37 bits per heavy atom. The molecule has 0 unspecified atom stereocenters. The van der Waals surface area contributed by atoms with Crippen molar-refractivity contribution >= 4 is 11.9 Å². The van der Waals surface area contributed by atoms with Crippen LogP contribution in [0.5, 0.6) is 5.88 Å². The van der Waals surface area contributed by atoms with E-state index in [4.69, 9.17) is 15.7 Å². The van der Waals surface area contributed by atoms with E-state index in [-0.39, 0.29) is 17.3 Å². The van der Waals surface area contributed by atoms with E-state index >= 15 is 0 Å². The molecule has 0 atom stereocenters. The van der Waals surface area contributed by atoms with Gasteiger partial charge in [0.15, 0.2) is 18.2 Å². The molecule has 1 aliphatic carbocycles. The summed E-state index contributed by atoms with van der Waals surface area (Å²) in [4.78, 5) is 15.1. The molecule has 0 aromatic carbocycles. The number of rotatable bonds is 5. The average molecular weight is 432 g/mol. The number of halogens is 4. The monoisotopic (exact) mass is 432 g/mol. The molecule has 0 spiro atoms. The topological polar surface area (TPSA) is 110 Å². The minimum absolute atomic E-state index is 0.276. The number of anilines is 1. The summed E-state index contributed by atoms with van der Waals surface area (Å²) in [6.07, 6.45) is -3.65. The van der Waals surface area contributed by atoms with Crippen LogP contribution in [0.15, 0.2) is 6.07 Å². The molecular formula is C19H24F4N4O3. The predicted molar refractivity (Wildman–Crippen MR) is 99.2 cm³/mol. The third kappa shape index (κ3) is 5.64. The molecule has 0 aliphatic heterocycles. The van der Waals surface area contributed by atoms with Crippen molar-refractivity contribution in [3.63, 3.8) is 0 Å². The molecule has 0 radical (unpaired) electrons. The molecule has 11 heteroatoms. The maximum atomic E-state index is 14.3. The Kier molecular flexibility index (Phi) is 6.69. The molecule has 166 valence electrons. The lowest BCUT2D eigenvalue weighted by molar-refractivity contribution is -0.154. The van der Waals surface area contributed by atoms with Gasteiger partial charge in [-0.15, -0.1) is 0 Å². The van der Waals surface area contributed by atoms with Crippen LogP contribution in [0.3, 0.4) is 0 Å². The fourth-order valence-electron chi connectivity index (χ4n) is 3.53. The number of aromatic nitrogens is 1. The minimum Gasteiger partial charge on any atom is -0.467 e. The van der Waals surface area contributed by atoms with Gasteiger partial charge in [-0.1, -0.05) is 20.8 Å². The van der Waals surface area contributed by atoms with E-state index < -0.39 is 41.7 Å². The highest BCUT2D eigenvalue weighted by Gasteiger charge is 2.47. The second-order valence-corrected chi connectivity index (χ2v) is 8.27. The van der Waals surface area contributed by atoms with E-state index in [0.717, 1.165) is 6.07 Å². The number of nitriles is 1. The highest BCUT2D eigenvalue weighted by molar-refractivity contribution is 5.65. The Morgan fingerprint density at radius 2 is 1.97 bits per heavy atom. The van der Waals surface area contributed by atoms with Gasteiger partial charge in [-0.05, 0) is 25.7 Å². The van der Waals surface area contributed by atoms with Gasteiger partial charge in [0, 0.05) is 17.5 Å². The molecule has 3 N–H and O–H groups in total. The van der Waals surface area contributed by atoms with Gasteiger partial charge in [0.2, 0.25) is 5.88 Å². The number of nitrogens with zero attached hydrogens (tertiary/aromatic N) is 2. The molecular weight excluding hydrogens is 408 g/mol. The lowest BCUT2D eigenvalue weighted by atomic mass is 9.67. The van der Waals surface area contributed by atoms with Crippen molar-refractivity contribution in [2.24, 2.45) is 11.1 Å². The van der Waals surface area contributed by atoms with Crippen LogP contribution >= 0.6 is 0 Å². The van der Waals surface area contributed by atoms with Crippen LogP contribution in [0.4, 0.5) is 28.2 Å². The molecule has 30 heavy (non-hydrogen) atoms. The molecule has 1 fully saturated rings. The summed E-state index contributed by atoms with van der Waals surface area (Å²) in [5.74, 6) is -1.79. The third-order valence-corrected chi connectivity index (χ3v) is 5.23. The molecule has 1 aliphatic rings. The summed E-state index contributed by atoms with van der Waals surface area (Å²) in [6, 6.07) is 2.07. The number of hydrogen-bond acceptors (Lipinski definition) is 6. The van der Waals surface area contributed by atoms with Crippen LogP contribution < -0.4 is 15.8 Å². The maximum Gasteiger partial charge on any atom is 0.422 e. The van der Waals surface area contributed by atoms with E-state index in [1.807, 2.05) is 20.8 Å². The van der Waals surface area contributed by atoms with Crippen LogP contribution in [0.25, 0.3) is 0 Å². The zero-order chi connectivity index (χ0) is 22.7. The SMILES string of the molecule is CC(C)(C)C1(OC(N)=O)CCC(Nc2nc(OCC(F)(F)F)c(C#N)cc2F)CC1. The predicted octanol–water partition coefficient (Wildman–Crippen LogP) is 4.27. The fourth-order valence-corrected chi connectivity index (χ4v) is 3.53. The van der Waals surface area contributed by atoms with Crippen LogP contribution in [0, 0.1) is 22.6 Å². The Hall–Kier alpha value is -2.77. The van der Waals surface area contributed by atoms with Crippen LogP contribution in [-0.4, -0.2) is 35.5 Å². The number of pyridine rings is 1. The summed E-state index contributed by atoms with van der Waals surface area (Å²) in [6.45, 7) is 4.13. The van der Waals surface area contributed by atoms with Gasteiger partial charge in [-0.25, -0.2) is 9.18 Å². The Morgan fingerprint density at radius 3 is 2.43 bits per heavy atom. The summed E-state index contributed by atoms with van der Waals surface area (Å²) in [5, 5.41) is 11.9. The molecule has 2 rings (SSSR count). The summed E-state index contributed by atoms with van der Waals surface area (Å²) in [7, 11) is 0. The van der Waals surface area contributed by atoms with Crippen molar-refractivity contribution < 1.29 is 31.8 Å². The first-order valence-electron chi connectivity index (χ1n) is 9.31. The standard InChI is InChI=1S/C19H24F4N4O3/c1-17(2,3)18(30-16(25)28)6-4-12(5-7-18)26-14-13(20)8-11(9-24)15(27-14)29-10-19(21,22)23/h8,12H,4-7,10H2,1-3H3,(H2,25,28)(H,26,27). The fraction of sp³-hybridized carbons (Fsp3) is 0.632. The summed E-state index contributed by atoms with van der Waals surface area (Å²) in [5.41, 5.74) is 3.62. The van der Waals surface area contributed by atoms with Crippen molar-refractivity contribution in [1.29, 1.82) is 5.26 Å². The maximum absolute atomic E-state index is 14.3. The number of carbonyl (C=O) groups is 1. The van der Waals surface area contributed by atoms with Gasteiger partial charge < -0.3 is 20.5 Å². The number of nitrogens with one attached hydrogen (secondary N) is 1. The zero-order valence-electron chi connectivity index (χ0n) is 16.9. The smallest absolute Gasteiger partial charge is 0.422 e. The second kappa shape index (κ2) is 8.53. The summed E-state index contributed by atoms with van der Waals surface area (Å²) >= 11 is 0. The lowest BCUT2D eigenvalue weighted by Gasteiger charge is -2.47. The van der Waals surface area contributed by atoms with Crippen molar-refractivity contribution in [2.45, 2.75) is 64.3 Å².